The van der Waals surface area contributed by atoms with E-state index < -0.39 is 12.1 Å². The van der Waals surface area contributed by atoms with Crippen molar-refractivity contribution in [3.05, 3.63) is 23.8 Å². The minimum absolute atomic E-state index is 0.264. The molecule has 28 heavy (non-hydrogen) atoms. The molecule has 7 nitrogen and oxygen atoms in total. The van der Waals surface area contributed by atoms with Gasteiger partial charge in [-0.1, -0.05) is 19.9 Å². The van der Waals surface area contributed by atoms with Crippen molar-refractivity contribution in [3.8, 4) is 11.5 Å². The van der Waals surface area contributed by atoms with Crippen LogP contribution in [0.25, 0.3) is 0 Å². The lowest BCUT2D eigenvalue weighted by molar-refractivity contribution is -0.161. The molecule has 0 radical (unpaired) electrons. The van der Waals surface area contributed by atoms with E-state index in [0.717, 1.165) is 12.0 Å². The van der Waals surface area contributed by atoms with Gasteiger partial charge in [0.05, 0.1) is 14.2 Å². The van der Waals surface area contributed by atoms with Crippen LogP contribution >= 0.6 is 0 Å². The number of rotatable bonds is 12. The number of hydrogen-bond acceptors (Lipinski definition) is 6. The second kappa shape index (κ2) is 12.2. The predicted molar refractivity (Wildman–Crippen MR) is 106 cm³/mol. The number of likely N-dealkylation sites (N-methyl/N-ethyl adjacent to an activating group) is 1. The standard InChI is InChI=1S/C21H33NO6/c1-7-22(13-17-8-9-18(25-5)19(12-17)26-6)20(23)14-28-21(24)16(4)27-11-10-15(2)3/h8-9,12,15-16H,7,10-11,13-14H2,1-6H3. The monoisotopic (exact) mass is 395 g/mol. The van der Waals surface area contributed by atoms with Crippen molar-refractivity contribution in [3.63, 3.8) is 0 Å². The summed E-state index contributed by atoms with van der Waals surface area (Å²) < 4.78 is 21.1. The number of hydrogen-bond donors (Lipinski definition) is 0. The number of esters is 1. The van der Waals surface area contributed by atoms with Gasteiger partial charge in [-0.25, -0.2) is 4.79 Å². The normalized spacial score (nSPS) is 11.8. The fourth-order valence-electron chi connectivity index (χ4n) is 2.47. The lowest BCUT2D eigenvalue weighted by Gasteiger charge is -2.22. The van der Waals surface area contributed by atoms with Gasteiger partial charge in [-0.05, 0) is 43.9 Å². The molecule has 0 aliphatic carbocycles. The maximum Gasteiger partial charge on any atom is 0.335 e. The maximum atomic E-state index is 12.4. The predicted octanol–water partition coefficient (Wildman–Crippen LogP) is 3.05. The molecule has 1 aromatic rings. The summed E-state index contributed by atoms with van der Waals surface area (Å²) in [4.78, 5) is 26.0. The van der Waals surface area contributed by atoms with E-state index in [1.807, 2.05) is 19.1 Å². The third-order valence-electron chi connectivity index (χ3n) is 4.29. The van der Waals surface area contributed by atoms with E-state index >= 15 is 0 Å². The molecule has 0 fully saturated rings. The second-order valence-corrected chi connectivity index (χ2v) is 6.90. The Morgan fingerprint density at radius 2 is 1.75 bits per heavy atom. The lowest BCUT2D eigenvalue weighted by atomic mass is 10.1. The SMILES string of the molecule is CCN(Cc1ccc(OC)c(OC)c1)C(=O)COC(=O)C(C)OCCC(C)C. The van der Waals surface area contributed by atoms with Crippen LogP contribution in [0.15, 0.2) is 18.2 Å². The van der Waals surface area contributed by atoms with Crippen molar-refractivity contribution in [2.45, 2.75) is 46.8 Å². The average Bonchev–Trinajstić information content (AvgIpc) is 2.69. The van der Waals surface area contributed by atoms with Crippen molar-refractivity contribution < 1.29 is 28.5 Å². The summed E-state index contributed by atoms with van der Waals surface area (Å²) >= 11 is 0. The van der Waals surface area contributed by atoms with Gasteiger partial charge in [-0.3, -0.25) is 4.79 Å². The number of nitrogens with zero attached hydrogens (tertiary/aromatic N) is 1. The Balaban J connectivity index is 2.56. The number of methoxy groups -OCH3 is 2. The number of ether oxygens (including phenoxy) is 4. The van der Waals surface area contributed by atoms with Gasteiger partial charge in [0.1, 0.15) is 0 Å². The molecule has 0 saturated heterocycles. The van der Waals surface area contributed by atoms with Crippen molar-refractivity contribution in [2.75, 3.05) is 34.0 Å². The van der Waals surface area contributed by atoms with E-state index in [9.17, 15) is 9.59 Å². The van der Waals surface area contributed by atoms with Gasteiger partial charge >= 0.3 is 5.97 Å². The zero-order valence-corrected chi connectivity index (χ0v) is 17.8. The van der Waals surface area contributed by atoms with E-state index in [-0.39, 0.29) is 12.5 Å². The molecule has 158 valence electrons. The topological polar surface area (TPSA) is 74.3 Å². The largest absolute Gasteiger partial charge is 0.493 e. The molecule has 0 bridgehead atoms. The fraction of sp³-hybridized carbons (Fsp3) is 0.619. The average molecular weight is 395 g/mol. The van der Waals surface area contributed by atoms with Gasteiger partial charge in [-0.15, -0.1) is 0 Å². The van der Waals surface area contributed by atoms with Gasteiger partial charge in [0.2, 0.25) is 0 Å². The van der Waals surface area contributed by atoms with Crippen LogP contribution in [0.5, 0.6) is 11.5 Å². The summed E-state index contributed by atoms with van der Waals surface area (Å²) in [5.41, 5.74) is 0.893. The zero-order chi connectivity index (χ0) is 21.1. The zero-order valence-electron chi connectivity index (χ0n) is 17.8. The highest BCUT2D eigenvalue weighted by atomic mass is 16.6. The highest BCUT2D eigenvalue weighted by Crippen LogP contribution is 2.28. The molecule has 1 rings (SSSR count). The van der Waals surface area contributed by atoms with Crippen LogP contribution in [0.3, 0.4) is 0 Å². The summed E-state index contributed by atoms with van der Waals surface area (Å²) in [7, 11) is 3.13. The molecule has 0 spiro atoms. The van der Waals surface area contributed by atoms with E-state index in [4.69, 9.17) is 18.9 Å². The quantitative estimate of drug-likeness (QED) is 0.507. The first-order valence-corrected chi connectivity index (χ1v) is 9.59. The number of carbonyl (C=O) groups is 2. The van der Waals surface area contributed by atoms with Gasteiger partial charge in [0, 0.05) is 19.7 Å². The first-order chi connectivity index (χ1) is 13.3. The summed E-state index contributed by atoms with van der Waals surface area (Å²) in [6, 6.07) is 5.49. The molecule has 0 N–H and O–H groups in total. The molecule has 0 heterocycles. The third-order valence-corrected chi connectivity index (χ3v) is 4.29. The number of amides is 1. The van der Waals surface area contributed by atoms with E-state index in [1.54, 1.807) is 32.1 Å². The van der Waals surface area contributed by atoms with E-state index in [0.29, 0.717) is 37.1 Å². The third kappa shape index (κ3) is 7.76. The first-order valence-electron chi connectivity index (χ1n) is 9.59. The van der Waals surface area contributed by atoms with Crippen molar-refractivity contribution in [2.24, 2.45) is 5.92 Å². The lowest BCUT2D eigenvalue weighted by Crippen LogP contribution is -2.35. The van der Waals surface area contributed by atoms with Crippen LogP contribution in [0.4, 0.5) is 0 Å². The molecule has 0 aromatic heterocycles. The first kappa shape index (κ1) is 23.8. The molecule has 0 aliphatic heterocycles. The van der Waals surface area contributed by atoms with Crippen LogP contribution in [0.1, 0.15) is 39.7 Å². The Morgan fingerprint density at radius 1 is 1.07 bits per heavy atom. The highest BCUT2D eigenvalue weighted by Gasteiger charge is 2.19. The van der Waals surface area contributed by atoms with Crippen LogP contribution < -0.4 is 9.47 Å². The summed E-state index contributed by atoms with van der Waals surface area (Å²) in [5, 5.41) is 0. The number of carbonyl (C=O) groups excluding carboxylic acids is 2. The molecule has 1 atom stereocenters. The molecule has 0 aliphatic rings. The number of benzene rings is 1. The molecule has 1 aromatic carbocycles. The Kier molecular flexibility index (Phi) is 10.4. The van der Waals surface area contributed by atoms with Gasteiger partial charge in [0.15, 0.2) is 24.2 Å². The van der Waals surface area contributed by atoms with E-state index in [2.05, 4.69) is 13.8 Å². The molecule has 0 saturated carbocycles. The molecular formula is C21H33NO6. The Bertz CT molecular complexity index is 631. The molecule has 1 unspecified atom stereocenters. The van der Waals surface area contributed by atoms with Gasteiger partial charge in [0.25, 0.3) is 5.91 Å². The molecule has 7 heteroatoms. The van der Waals surface area contributed by atoms with Crippen molar-refractivity contribution >= 4 is 11.9 Å². The van der Waals surface area contributed by atoms with Crippen LogP contribution in [-0.2, 0) is 25.6 Å². The van der Waals surface area contributed by atoms with E-state index in [1.165, 1.54) is 0 Å². The van der Waals surface area contributed by atoms with Crippen LogP contribution in [-0.4, -0.2) is 56.9 Å². The van der Waals surface area contributed by atoms with Crippen molar-refractivity contribution in [1.29, 1.82) is 0 Å². The second-order valence-electron chi connectivity index (χ2n) is 6.90. The van der Waals surface area contributed by atoms with Crippen LogP contribution in [0, 0.1) is 5.92 Å². The van der Waals surface area contributed by atoms with Crippen molar-refractivity contribution in [1.82, 2.24) is 4.90 Å². The minimum atomic E-state index is -0.688. The Hall–Kier alpha value is -2.28. The van der Waals surface area contributed by atoms with Crippen LogP contribution in [0.2, 0.25) is 0 Å². The Labute approximate surface area is 167 Å². The fourth-order valence-corrected chi connectivity index (χ4v) is 2.47. The summed E-state index contributed by atoms with van der Waals surface area (Å²) in [5.74, 6) is 0.932. The van der Waals surface area contributed by atoms with Gasteiger partial charge < -0.3 is 23.8 Å². The maximum absolute atomic E-state index is 12.4. The Morgan fingerprint density at radius 3 is 2.32 bits per heavy atom. The summed E-state index contributed by atoms with van der Waals surface area (Å²) in [6.07, 6.45) is 0.179. The minimum Gasteiger partial charge on any atom is -0.493 e. The smallest absolute Gasteiger partial charge is 0.335 e. The molecule has 1 amide bonds. The highest BCUT2D eigenvalue weighted by molar-refractivity contribution is 5.82. The molecular weight excluding hydrogens is 362 g/mol. The summed E-state index contributed by atoms with van der Waals surface area (Å²) in [6.45, 7) is 8.73. The van der Waals surface area contributed by atoms with Gasteiger partial charge in [-0.2, -0.15) is 0 Å².